The number of ether oxygens (including phenoxy) is 1. The molecule has 0 aliphatic carbocycles. The van der Waals surface area contributed by atoms with Gasteiger partial charge in [-0.3, -0.25) is 9.69 Å². The van der Waals surface area contributed by atoms with Crippen molar-refractivity contribution >= 4 is 34.8 Å². The van der Waals surface area contributed by atoms with Crippen molar-refractivity contribution in [3.05, 3.63) is 39.3 Å². The minimum Gasteiger partial charge on any atom is -0.378 e. The summed E-state index contributed by atoms with van der Waals surface area (Å²) in [6, 6.07) is 4.38. The van der Waals surface area contributed by atoms with Crippen LogP contribution in [-0.4, -0.2) is 66.7 Å². The van der Waals surface area contributed by atoms with Crippen LogP contribution >= 0.6 is 22.9 Å². The zero-order valence-corrected chi connectivity index (χ0v) is 18.8. The Balaban J connectivity index is 1.45. The van der Waals surface area contributed by atoms with Gasteiger partial charge >= 0.3 is 0 Å². The molecule has 2 aliphatic rings. The molecule has 0 saturated carbocycles. The van der Waals surface area contributed by atoms with Crippen LogP contribution < -0.4 is 10.2 Å². The van der Waals surface area contributed by atoms with Gasteiger partial charge in [0.25, 0.3) is 5.91 Å². The summed E-state index contributed by atoms with van der Waals surface area (Å²) >= 11 is 8.01. The van der Waals surface area contributed by atoms with Crippen molar-refractivity contribution in [2.24, 2.45) is 5.92 Å². The molecule has 2 saturated heterocycles. The highest BCUT2D eigenvalue weighted by atomic mass is 35.5. The van der Waals surface area contributed by atoms with Gasteiger partial charge in [-0.25, -0.2) is 9.97 Å². The minimum absolute atomic E-state index is 0.167. The summed E-state index contributed by atoms with van der Waals surface area (Å²) < 4.78 is 5.38. The van der Waals surface area contributed by atoms with Crippen LogP contribution in [0.5, 0.6) is 0 Å². The molecule has 1 amide bonds. The van der Waals surface area contributed by atoms with Crippen LogP contribution in [0, 0.1) is 5.92 Å². The summed E-state index contributed by atoms with van der Waals surface area (Å²) in [7, 11) is 0. The van der Waals surface area contributed by atoms with E-state index in [0.29, 0.717) is 38.8 Å². The first-order valence-electron chi connectivity index (χ1n) is 10.5. The topological polar surface area (TPSA) is 70.6 Å². The number of amides is 1. The molecule has 9 heteroatoms. The summed E-state index contributed by atoms with van der Waals surface area (Å²) in [6.07, 6.45) is 3.89. The molecule has 162 valence electrons. The van der Waals surface area contributed by atoms with Crippen molar-refractivity contribution in [3.8, 4) is 0 Å². The molecule has 1 N–H and O–H groups in total. The molecule has 2 aliphatic heterocycles. The number of hydrogen-bond acceptors (Lipinski definition) is 7. The number of nitrogens with one attached hydrogen (secondary N) is 1. The van der Waals surface area contributed by atoms with Gasteiger partial charge in [0.2, 0.25) is 5.95 Å². The lowest BCUT2D eigenvalue weighted by atomic mass is 9.97. The van der Waals surface area contributed by atoms with Gasteiger partial charge in [-0.15, -0.1) is 11.3 Å². The predicted molar refractivity (Wildman–Crippen MR) is 119 cm³/mol. The number of carbonyl (C=O) groups is 1. The molecule has 2 aromatic rings. The summed E-state index contributed by atoms with van der Waals surface area (Å²) in [4.78, 5) is 27.5. The third kappa shape index (κ3) is 5.11. The average Bonchev–Trinajstić information content (AvgIpc) is 3.30. The van der Waals surface area contributed by atoms with E-state index in [1.54, 1.807) is 11.3 Å². The second-order valence-corrected chi connectivity index (χ2v) is 9.31. The molecule has 30 heavy (non-hydrogen) atoms. The van der Waals surface area contributed by atoms with Crippen LogP contribution in [-0.2, 0) is 4.74 Å². The number of thiophene rings is 1. The number of rotatable bonds is 6. The molecule has 4 rings (SSSR count). The van der Waals surface area contributed by atoms with E-state index in [-0.39, 0.29) is 22.7 Å². The van der Waals surface area contributed by atoms with E-state index in [0.717, 1.165) is 19.0 Å². The van der Waals surface area contributed by atoms with Crippen molar-refractivity contribution in [2.75, 3.05) is 50.8 Å². The predicted octanol–water partition coefficient (Wildman–Crippen LogP) is 3.23. The van der Waals surface area contributed by atoms with Crippen molar-refractivity contribution in [2.45, 2.75) is 25.8 Å². The lowest BCUT2D eigenvalue weighted by Crippen LogP contribution is -2.42. The van der Waals surface area contributed by atoms with Crippen LogP contribution in [0.1, 0.15) is 41.2 Å². The standard InChI is InChI=1S/C21H28ClN5O2S/c1-15-4-6-26(7-5-15)17(18-3-2-12-30-18)14-23-20(28)19-16(22)13-24-21(25-19)27-8-10-29-11-9-27/h2-3,12-13,15,17H,4-11,14H2,1H3,(H,23,28). The molecule has 0 radical (unpaired) electrons. The fourth-order valence-electron chi connectivity index (χ4n) is 3.94. The smallest absolute Gasteiger partial charge is 0.271 e. The molecule has 2 fully saturated rings. The van der Waals surface area contributed by atoms with Gasteiger partial charge in [0.05, 0.1) is 30.5 Å². The number of morpholine rings is 1. The van der Waals surface area contributed by atoms with Crippen LogP contribution in [0.4, 0.5) is 5.95 Å². The van der Waals surface area contributed by atoms with Crippen molar-refractivity contribution < 1.29 is 9.53 Å². The summed E-state index contributed by atoms with van der Waals surface area (Å²) in [6.45, 7) is 7.61. The molecule has 7 nitrogen and oxygen atoms in total. The van der Waals surface area contributed by atoms with E-state index >= 15 is 0 Å². The Morgan fingerprint density at radius 3 is 2.80 bits per heavy atom. The van der Waals surface area contributed by atoms with Gasteiger partial charge in [-0.05, 0) is 43.3 Å². The number of aromatic nitrogens is 2. The fourth-order valence-corrected chi connectivity index (χ4v) is 4.97. The maximum absolute atomic E-state index is 13.0. The largest absolute Gasteiger partial charge is 0.378 e. The lowest BCUT2D eigenvalue weighted by Gasteiger charge is -2.36. The molecular weight excluding hydrogens is 422 g/mol. The summed E-state index contributed by atoms with van der Waals surface area (Å²) in [5.41, 5.74) is 0.227. The van der Waals surface area contributed by atoms with Gasteiger partial charge in [-0.1, -0.05) is 24.6 Å². The highest BCUT2D eigenvalue weighted by Crippen LogP contribution is 2.29. The van der Waals surface area contributed by atoms with Crippen molar-refractivity contribution in [1.29, 1.82) is 0 Å². The SMILES string of the molecule is CC1CCN(C(CNC(=O)c2nc(N3CCOCC3)ncc2Cl)c2cccs2)CC1. The van der Waals surface area contributed by atoms with Crippen molar-refractivity contribution in [3.63, 3.8) is 0 Å². The fraction of sp³-hybridized carbons (Fsp3) is 0.571. The zero-order chi connectivity index (χ0) is 20.9. The first-order valence-corrected chi connectivity index (χ1v) is 11.8. The lowest BCUT2D eigenvalue weighted by molar-refractivity contribution is 0.0910. The highest BCUT2D eigenvalue weighted by Gasteiger charge is 2.27. The maximum Gasteiger partial charge on any atom is 0.271 e. The normalized spacial score (nSPS) is 19.6. The van der Waals surface area contributed by atoms with Gasteiger partial charge < -0.3 is 15.0 Å². The van der Waals surface area contributed by atoms with Gasteiger partial charge in [-0.2, -0.15) is 0 Å². The monoisotopic (exact) mass is 449 g/mol. The number of piperidine rings is 1. The molecule has 2 aromatic heterocycles. The number of likely N-dealkylation sites (tertiary alicyclic amines) is 1. The third-order valence-corrected chi connectivity index (χ3v) is 7.08. The number of nitrogens with zero attached hydrogens (tertiary/aromatic N) is 4. The Kier molecular flexibility index (Phi) is 7.20. The molecule has 0 bridgehead atoms. The first kappa shape index (κ1) is 21.5. The molecule has 0 aromatic carbocycles. The number of hydrogen-bond donors (Lipinski definition) is 1. The van der Waals surface area contributed by atoms with Crippen LogP contribution in [0.3, 0.4) is 0 Å². The molecule has 4 heterocycles. The van der Waals surface area contributed by atoms with E-state index in [1.807, 2.05) is 4.90 Å². The average molecular weight is 450 g/mol. The van der Waals surface area contributed by atoms with Crippen LogP contribution in [0.2, 0.25) is 5.02 Å². The Labute approximate surface area is 186 Å². The quantitative estimate of drug-likeness (QED) is 0.730. The van der Waals surface area contributed by atoms with E-state index in [9.17, 15) is 4.79 Å². The zero-order valence-electron chi connectivity index (χ0n) is 17.2. The van der Waals surface area contributed by atoms with Gasteiger partial charge in [0.1, 0.15) is 0 Å². The maximum atomic E-state index is 13.0. The van der Waals surface area contributed by atoms with Crippen molar-refractivity contribution in [1.82, 2.24) is 20.2 Å². The van der Waals surface area contributed by atoms with E-state index in [4.69, 9.17) is 16.3 Å². The number of halogens is 1. The Hall–Kier alpha value is -1.74. The Bertz CT molecular complexity index is 836. The van der Waals surface area contributed by atoms with Crippen LogP contribution in [0.15, 0.2) is 23.7 Å². The highest BCUT2D eigenvalue weighted by molar-refractivity contribution is 7.10. The van der Waals surface area contributed by atoms with E-state index in [2.05, 4.69) is 44.6 Å². The van der Waals surface area contributed by atoms with Gasteiger partial charge in [0, 0.05) is 24.5 Å². The first-order chi connectivity index (χ1) is 14.6. The molecule has 1 unspecified atom stereocenters. The molecule has 1 atom stereocenters. The Morgan fingerprint density at radius 2 is 2.10 bits per heavy atom. The Morgan fingerprint density at radius 1 is 1.33 bits per heavy atom. The molecule has 0 spiro atoms. The third-order valence-electron chi connectivity index (χ3n) is 5.83. The van der Waals surface area contributed by atoms with Crippen LogP contribution in [0.25, 0.3) is 0 Å². The number of carbonyl (C=O) groups excluding carboxylic acids is 1. The second kappa shape index (κ2) is 10.0. The van der Waals surface area contributed by atoms with Gasteiger partial charge in [0.15, 0.2) is 5.69 Å². The van der Waals surface area contributed by atoms with E-state index in [1.165, 1.54) is 23.9 Å². The van der Waals surface area contributed by atoms with E-state index < -0.39 is 0 Å². The second-order valence-electron chi connectivity index (χ2n) is 7.93. The summed E-state index contributed by atoms with van der Waals surface area (Å²) in [5, 5.41) is 5.43. The minimum atomic E-state index is -0.260. The number of anilines is 1. The molecular formula is C21H28ClN5O2S. The summed E-state index contributed by atoms with van der Waals surface area (Å²) in [5.74, 6) is 1.02.